The Morgan fingerprint density at radius 3 is 2.64 bits per heavy atom. The molecule has 74 valence electrons. The van der Waals surface area contributed by atoms with Crippen molar-refractivity contribution in [1.29, 1.82) is 0 Å². The summed E-state index contributed by atoms with van der Waals surface area (Å²) in [5.41, 5.74) is 2.28. The zero-order chi connectivity index (χ0) is 10.1. The fourth-order valence-electron chi connectivity index (χ4n) is 1.46. The molecule has 0 N–H and O–H groups in total. The Bertz CT molecular complexity index is 442. The third kappa shape index (κ3) is 1.85. The fourth-order valence-corrected chi connectivity index (χ4v) is 2.24. The summed E-state index contributed by atoms with van der Waals surface area (Å²) in [5.74, 6) is 0. The topological polar surface area (TPSA) is 30.7 Å². The molecular weight excluding hydrogens is 194 g/mol. The highest BCUT2D eigenvalue weighted by atomic mass is 32.1. The van der Waals surface area contributed by atoms with Crippen LogP contribution in [0, 0.1) is 20.8 Å². The Labute approximate surface area is 87.4 Å². The van der Waals surface area contributed by atoms with Gasteiger partial charge in [-0.05, 0) is 26.8 Å². The van der Waals surface area contributed by atoms with E-state index in [2.05, 4.69) is 23.1 Å². The first-order chi connectivity index (χ1) is 6.65. The second-order valence-corrected chi connectivity index (χ2v) is 4.75. The highest BCUT2D eigenvalue weighted by Crippen LogP contribution is 2.14. The van der Waals surface area contributed by atoms with Gasteiger partial charge in [-0.2, -0.15) is 5.10 Å². The van der Waals surface area contributed by atoms with Crippen molar-refractivity contribution in [3.8, 4) is 0 Å². The minimum atomic E-state index is 0.838. The highest BCUT2D eigenvalue weighted by molar-refractivity contribution is 7.11. The van der Waals surface area contributed by atoms with Crippen molar-refractivity contribution in [2.45, 2.75) is 27.3 Å². The SMILES string of the molecule is Cc1cc(C)n(Cc2cnc(C)s2)n1. The summed E-state index contributed by atoms with van der Waals surface area (Å²) >= 11 is 1.73. The molecule has 0 aliphatic carbocycles. The second kappa shape index (κ2) is 3.53. The lowest BCUT2D eigenvalue weighted by Crippen LogP contribution is -2.02. The minimum absolute atomic E-state index is 0.838. The Balaban J connectivity index is 2.22. The Morgan fingerprint density at radius 2 is 2.14 bits per heavy atom. The number of nitrogens with zero attached hydrogens (tertiary/aromatic N) is 3. The van der Waals surface area contributed by atoms with E-state index in [4.69, 9.17) is 0 Å². The van der Waals surface area contributed by atoms with Gasteiger partial charge in [-0.25, -0.2) is 4.98 Å². The second-order valence-electron chi connectivity index (χ2n) is 3.43. The van der Waals surface area contributed by atoms with Crippen molar-refractivity contribution in [3.05, 3.63) is 33.5 Å². The van der Waals surface area contributed by atoms with Crippen LogP contribution >= 0.6 is 11.3 Å². The van der Waals surface area contributed by atoms with Crippen molar-refractivity contribution in [3.63, 3.8) is 0 Å². The molecular formula is C10H13N3S. The van der Waals surface area contributed by atoms with Gasteiger partial charge in [0.2, 0.25) is 0 Å². The first-order valence-electron chi connectivity index (χ1n) is 4.57. The van der Waals surface area contributed by atoms with E-state index in [-0.39, 0.29) is 0 Å². The van der Waals surface area contributed by atoms with Gasteiger partial charge in [0, 0.05) is 16.8 Å². The molecule has 2 aromatic heterocycles. The summed E-state index contributed by atoms with van der Waals surface area (Å²) in [6, 6.07) is 2.09. The normalized spacial score (nSPS) is 10.8. The summed E-state index contributed by atoms with van der Waals surface area (Å²) in [7, 11) is 0. The van der Waals surface area contributed by atoms with E-state index in [1.165, 1.54) is 10.6 Å². The lowest BCUT2D eigenvalue weighted by atomic mass is 10.4. The van der Waals surface area contributed by atoms with Gasteiger partial charge in [0.05, 0.1) is 17.2 Å². The van der Waals surface area contributed by atoms with Crippen molar-refractivity contribution in [2.24, 2.45) is 0 Å². The van der Waals surface area contributed by atoms with Gasteiger partial charge in [-0.15, -0.1) is 11.3 Å². The minimum Gasteiger partial charge on any atom is -0.264 e. The van der Waals surface area contributed by atoms with Gasteiger partial charge >= 0.3 is 0 Å². The summed E-state index contributed by atoms with van der Waals surface area (Å²) in [5, 5.41) is 5.52. The van der Waals surface area contributed by atoms with Crippen LogP contribution in [-0.2, 0) is 6.54 Å². The maximum atomic E-state index is 4.41. The Kier molecular flexibility index (Phi) is 2.37. The van der Waals surface area contributed by atoms with Crippen molar-refractivity contribution < 1.29 is 0 Å². The molecule has 0 spiro atoms. The summed E-state index contributed by atoms with van der Waals surface area (Å²) < 4.78 is 2.02. The van der Waals surface area contributed by atoms with Crippen LogP contribution in [0.25, 0.3) is 0 Å². The third-order valence-corrected chi connectivity index (χ3v) is 2.98. The van der Waals surface area contributed by atoms with Crippen LogP contribution in [0.5, 0.6) is 0 Å². The van der Waals surface area contributed by atoms with Crippen molar-refractivity contribution in [2.75, 3.05) is 0 Å². The summed E-state index contributed by atoms with van der Waals surface area (Å²) in [6.45, 7) is 6.95. The summed E-state index contributed by atoms with van der Waals surface area (Å²) in [6.07, 6.45) is 1.93. The number of hydrogen-bond donors (Lipinski definition) is 0. The van der Waals surface area contributed by atoms with E-state index in [0.717, 1.165) is 17.2 Å². The molecule has 0 saturated heterocycles. The molecule has 0 fully saturated rings. The average molecular weight is 207 g/mol. The lowest BCUT2D eigenvalue weighted by molar-refractivity contribution is 0.665. The predicted molar refractivity (Wildman–Crippen MR) is 57.7 cm³/mol. The number of aryl methyl sites for hydroxylation is 3. The molecule has 0 amide bonds. The van der Waals surface area contributed by atoms with Gasteiger partial charge in [0.15, 0.2) is 0 Å². The van der Waals surface area contributed by atoms with Crippen LogP contribution in [0.15, 0.2) is 12.3 Å². The third-order valence-electron chi connectivity index (χ3n) is 2.08. The zero-order valence-electron chi connectivity index (χ0n) is 8.61. The first-order valence-corrected chi connectivity index (χ1v) is 5.39. The van der Waals surface area contributed by atoms with Crippen LogP contribution in [0.1, 0.15) is 21.3 Å². The molecule has 0 aromatic carbocycles. The van der Waals surface area contributed by atoms with E-state index in [0.29, 0.717) is 0 Å². The molecule has 3 nitrogen and oxygen atoms in total. The quantitative estimate of drug-likeness (QED) is 0.756. The molecule has 0 aliphatic rings. The number of thiazole rings is 1. The molecule has 0 unspecified atom stereocenters. The van der Waals surface area contributed by atoms with Gasteiger partial charge < -0.3 is 0 Å². The lowest BCUT2D eigenvalue weighted by Gasteiger charge is -2.00. The molecule has 0 aliphatic heterocycles. The van der Waals surface area contributed by atoms with Crippen LogP contribution in [0.2, 0.25) is 0 Å². The number of rotatable bonds is 2. The zero-order valence-corrected chi connectivity index (χ0v) is 9.43. The van der Waals surface area contributed by atoms with Crippen molar-refractivity contribution in [1.82, 2.24) is 14.8 Å². The highest BCUT2D eigenvalue weighted by Gasteiger charge is 2.03. The van der Waals surface area contributed by atoms with Gasteiger partial charge in [-0.3, -0.25) is 4.68 Å². The molecule has 0 saturated carbocycles. The molecule has 2 aromatic rings. The standard InChI is InChI=1S/C10H13N3S/c1-7-4-8(2)13(12-7)6-10-5-11-9(3)14-10/h4-5H,6H2,1-3H3. The maximum absolute atomic E-state index is 4.41. The van der Waals surface area contributed by atoms with Crippen molar-refractivity contribution >= 4 is 11.3 Å². The maximum Gasteiger partial charge on any atom is 0.0897 e. The molecule has 14 heavy (non-hydrogen) atoms. The average Bonchev–Trinajstić information content (AvgIpc) is 2.61. The van der Waals surface area contributed by atoms with Gasteiger partial charge in [0.25, 0.3) is 0 Å². The van der Waals surface area contributed by atoms with E-state index in [1.54, 1.807) is 11.3 Å². The van der Waals surface area contributed by atoms with E-state index >= 15 is 0 Å². The first kappa shape index (κ1) is 9.40. The molecule has 2 heterocycles. The molecule has 0 radical (unpaired) electrons. The fraction of sp³-hybridized carbons (Fsp3) is 0.400. The Hall–Kier alpha value is -1.16. The molecule has 0 atom stereocenters. The van der Waals surface area contributed by atoms with Crippen LogP contribution in [0.3, 0.4) is 0 Å². The number of aromatic nitrogens is 3. The van der Waals surface area contributed by atoms with Gasteiger partial charge in [-0.1, -0.05) is 0 Å². The summed E-state index contributed by atoms with van der Waals surface area (Å²) in [4.78, 5) is 5.48. The van der Waals surface area contributed by atoms with Crippen LogP contribution < -0.4 is 0 Å². The largest absolute Gasteiger partial charge is 0.264 e. The molecule has 2 rings (SSSR count). The van der Waals surface area contributed by atoms with Crippen LogP contribution in [-0.4, -0.2) is 14.8 Å². The molecule has 0 bridgehead atoms. The van der Waals surface area contributed by atoms with Gasteiger partial charge in [0.1, 0.15) is 0 Å². The van der Waals surface area contributed by atoms with E-state index in [9.17, 15) is 0 Å². The Morgan fingerprint density at radius 1 is 1.36 bits per heavy atom. The predicted octanol–water partition coefficient (Wildman–Crippen LogP) is 2.31. The monoisotopic (exact) mass is 207 g/mol. The number of hydrogen-bond acceptors (Lipinski definition) is 3. The molecule has 4 heteroatoms. The van der Waals surface area contributed by atoms with E-state index in [1.807, 2.05) is 24.7 Å². The smallest absolute Gasteiger partial charge is 0.0897 e. The van der Waals surface area contributed by atoms with E-state index < -0.39 is 0 Å². The van der Waals surface area contributed by atoms with Crippen LogP contribution in [0.4, 0.5) is 0 Å².